The van der Waals surface area contributed by atoms with Crippen LogP contribution < -0.4 is 4.74 Å². The van der Waals surface area contributed by atoms with Gasteiger partial charge in [0.2, 0.25) is 0 Å². The molecule has 1 saturated carbocycles. The molecule has 0 N–H and O–H groups in total. The van der Waals surface area contributed by atoms with Gasteiger partial charge in [0, 0.05) is 0 Å². The summed E-state index contributed by atoms with van der Waals surface area (Å²) < 4.78 is 21.1. The van der Waals surface area contributed by atoms with E-state index in [1.54, 1.807) is 30.6 Å². The molecule has 1 aliphatic carbocycles. The zero-order chi connectivity index (χ0) is 13.1. The molecule has 0 spiro atoms. The molecule has 100 valence electrons. The van der Waals surface area contributed by atoms with Crippen LogP contribution in [-0.2, 0) is 0 Å². The molecule has 1 aromatic carbocycles. The van der Waals surface area contributed by atoms with Crippen molar-refractivity contribution in [2.75, 3.05) is 0 Å². The van der Waals surface area contributed by atoms with Crippen molar-refractivity contribution in [1.82, 2.24) is 9.78 Å². The fourth-order valence-electron chi connectivity index (χ4n) is 2.51. The Kier molecular flexibility index (Phi) is 3.49. The van der Waals surface area contributed by atoms with Crippen molar-refractivity contribution in [3.05, 3.63) is 42.5 Å². The molecule has 1 fully saturated rings. The van der Waals surface area contributed by atoms with Crippen LogP contribution in [-0.4, -0.2) is 15.9 Å². The summed E-state index contributed by atoms with van der Waals surface area (Å²) in [5.74, 6) is 0.435. The minimum atomic E-state index is -0.283. The zero-order valence-electron chi connectivity index (χ0n) is 10.8. The van der Waals surface area contributed by atoms with Gasteiger partial charge in [-0.3, -0.25) is 0 Å². The van der Waals surface area contributed by atoms with Crippen LogP contribution in [0.3, 0.4) is 0 Å². The SMILES string of the molecule is Fc1ccccc1-n1cc(OC2CCCCC2)cn1. The molecule has 0 unspecified atom stereocenters. The molecular weight excluding hydrogens is 243 g/mol. The molecule has 4 heteroatoms. The van der Waals surface area contributed by atoms with Crippen LogP contribution in [0.1, 0.15) is 32.1 Å². The zero-order valence-corrected chi connectivity index (χ0v) is 10.8. The highest BCUT2D eigenvalue weighted by Gasteiger charge is 2.16. The number of rotatable bonds is 3. The summed E-state index contributed by atoms with van der Waals surface area (Å²) in [5, 5.41) is 4.16. The van der Waals surface area contributed by atoms with Gasteiger partial charge in [0.15, 0.2) is 5.75 Å². The number of nitrogens with zero attached hydrogens (tertiary/aromatic N) is 2. The first kappa shape index (κ1) is 12.2. The number of aromatic nitrogens is 2. The van der Waals surface area contributed by atoms with Crippen molar-refractivity contribution in [2.45, 2.75) is 38.2 Å². The summed E-state index contributed by atoms with van der Waals surface area (Å²) in [6, 6.07) is 6.59. The summed E-state index contributed by atoms with van der Waals surface area (Å²) in [5.41, 5.74) is 0.445. The molecule has 1 heterocycles. The van der Waals surface area contributed by atoms with E-state index in [9.17, 15) is 4.39 Å². The maximum absolute atomic E-state index is 13.6. The van der Waals surface area contributed by atoms with E-state index >= 15 is 0 Å². The van der Waals surface area contributed by atoms with Gasteiger partial charge in [-0.1, -0.05) is 18.6 Å². The van der Waals surface area contributed by atoms with Gasteiger partial charge in [0.05, 0.1) is 18.5 Å². The first-order chi connectivity index (χ1) is 9.33. The lowest BCUT2D eigenvalue weighted by atomic mass is 9.98. The molecule has 0 amide bonds. The number of ether oxygens (including phenoxy) is 1. The third-order valence-electron chi connectivity index (χ3n) is 3.51. The van der Waals surface area contributed by atoms with E-state index in [-0.39, 0.29) is 11.9 Å². The van der Waals surface area contributed by atoms with Crippen LogP contribution in [0.4, 0.5) is 4.39 Å². The van der Waals surface area contributed by atoms with E-state index in [1.165, 1.54) is 30.0 Å². The van der Waals surface area contributed by atoms with Crippen molar-refractivity contribution in [2.24, 2.45) is 0 Å². The van der Waals surface area contributed by atoms with Gasteiger partial charge in [0.25, 0.3) is 0 Å². The van der Waals surface area contributed by atoms with Crippen LogP contribution in [0.15, 0.2) is 36.7 Å². The fourth-order valence-corrected chi connectivity index (χ4v) is 2.51. The van der Waals surface area contributed by atoms with Crippen molar-refractivity contribution < 1.29 is 9.13 Å². The third kappa shape index (κ3) is 2.78. The molecule has 0 radical (unpaired) electrons. The second-order valence-corrected chi connectivity index (χ2v) is 4.95. The molecule has 0 saturated heterocycles. The van der Waals surface area contributed by atoms with Crippen molar-refractivity contribution >= 4 is 0 Å². The number of hydrogen-bond donors (Lipinski definition) is 0. The topological polar surface area (TPSA) is 27.1 Å². The van der Waals surface area contributed by atoms with E-state index in [2.05, 4.69) is 5.10 Å². The number of para-hydroxylation sites is 1. The van der Waals surface area contributed by atoms with Crippen LogP contribution in [0.5, 0.6) is 5.75 Å². The normalized spacial score (nSPS) is 16.5. The summed E-state index contributed by atoms with van der Waals surface area (Å²) in [7, 11) is 0. The maximum atomic E-state index is 13.6. The van der Waals surface area contributed by atoms with Crippen molar-refractivity contribution in [3.63, 3.8) is 0 Å². The van der Waals surface area contributed by atoms with Crippen LogP contribution in [0, 0.1) is 5.82 Å². The first-order valence-electron chi connectivity index (χ1n) is 6.79. The Morgan fingerprint density at radius 1 is 1.16 bits per heavy atom. The number of halogens is 1. The van der Waals surface area contributed by atoms with Crippen LogP contribution >= 0.6 is 0 Å². The maximum Gasteiger partial charge on any atom is 0.158 e. The Morgan fingerprint density at radius 2 is 1.95 bits per heavy atom. The Hall–Kier alpha value is -1.84. The Balaban J connectivity index is 1.74. The predicted molar refractivity (Wildman–Crippen MR) is 71.0 cm³/mol. The van der Waals surface area contributed by atoms with Crippen LogP contribution in [0.2, 0.25) is 0 Å². The quantitative estimate of drug-likeness (QED) is 0.841. The Bertz CT molecular complexity index is 547. The summed E-state index contributed by atoms with van der Waals surface area (Å²) in [6.07, 6.45) is 9.64. The van der Waals surface area contributed by atoms with Gasteiger partial charge >= 0.3 is 0 Å². The minimum Gasteiger partial charge on any atom is -0.487 e. The molecule has 3 nitrogen and oxygen atoms in total. The van der Waals surface area contributed by atoms with Crippen molar-refractivity contribution in [3.8, 4) is 11.4 Å². The molecule has 1 aliphatic rings. The Labute approximate surface area is 112 Å². The van der Waals surface area contributed by atoms with E-state index < -0.39 is 0 Å². The van der Waals surface area contributed by atoms with Gasteiger partial charge in [-0.15, -0.1) is 0 Å². The minimum absolute atomic E-state index is 0.283. The van der Waals surface area contributed by atoms with Crippen molar-refractivity contribution in [1.29, 1.82) is 0 Å². The van der Waals surface area contributed by atoms with E-state index in [0.717, 1.165) is 18.6 Å². The summed E-state index contributed by atoms with van der Waals surface area (Å²) in [6.45, 7) is 0. The fraction of sp³-hybridized carbons (Fsp3) is 0.400. The van der Waals surface area contributed by atoms with E-state index in [1.807, 2.05) is 0 Å². The molecule has 2 aromatic rings. The highest BCUT2D eigenvalue weighted by Crippen LogP contribution is 2.24. The van der Waals surface area contributed by atoms with E-state index in [0.29, 0.717) is 5.69 Å². The monoisotopic (exact) mass is 260 g/mol. The van der Waals surface area contributed by atoms with Crippen LogP contribution in [0.25, 0.3) is 5.69 Å². The average Bonchev–Trinajstić information content (AvgIpc) is 2.89. The summed E-state index contributed by atoms with van der Waals surface area (Å²) in [4.78, 5) is 0. The molecule has 0 atom stereocenters. The molecule has 0 aliphatic heterocycles. The van der Waals surface area contributed by atoms with Gasteiger partial charge in [-0.2, -0.15) is 5.10 Å². The lowest BCUT2D eigenvalue weighted by Crippen LogP contribution is -2.19. The lowest BCUT2D eigenvalue weighted by Gasteiger charge is -2.21. The van der Waals surface area contributed by atoms with Gasteiger partial charge in [0.1, 0.15) is 11.5 Å². The second kappa shape index (κ2) is 5.43. The summed E-state index contributed by atoms with van der Waals surface area (Å²) >= 11 is 0. The molecule has 0 bridgehead atoms. The number of hydrogen-bond acceptors (Lipinski definition) is 2. The van der Waals surface area contributed by atoms with Gasteiger partial charge in [-0.05, 0) is 37.8 Å². The number of benzene rings is 1. The average molecular weight is 260 g/mol. The molecular formula is C15H17FN2O. The second-order valence-electron chi connectivity index (χ2n) is 4.95. The smallest absolute Gasteiger partial charge is 0.158 e. The standard InChI is InChI=1S/C15H17FN2O/c16-14-8-4-5-9-15(14)18-11-13(10-17-18)19-12-6-2-1-3-7-12/h4-5,8-12H,1-3,6-7H2. The molecule has 3 rings (SSSR count). The molecule has 19 heavy (non-hydrogen) atoms. The first-order valence-corrected chi connectivity index (χ1v) is 6.79. The Morgan fingerprint density at radius 3 is 2.74 bits per heavy atom. The lowest BCUT2D eigenvalue weighted by molar-refractivity contribution is 0.155. The molecule has 1 aromatic heterocycles. The predicted octanol–water partition coefficient (Wildman–Crippen LogP) is 3.72. The highest BCUT2D eigenvalue weighted by molar-refractivity contribution is 5.33. The van der Waals surface area contributed by atoms with Gasteiger partial charge in [-0.25, -0.2) is 9.07 Å². The largest absolute Gasteiger partial charge is 0.487 e. The van der Waals surface area contributed by atoms with Gasteiger partial charge < -0.3 is 4.74 Å². The third-order valence-corrected chi connectivity index (χ3v) is 3.51. The van der Waals surface area contributed by atoms with E-state index in [4.69, 9.17) is 4.74 Å². The highest BCUT2D eigenvalue weighted by atomic mass is 19.1.